The van der Waals surface area contributed by atoms with Gasteiger partial charge < -0.3 is 5.32 Å². The van der Waals surface area contributed by atoms with Gasteiger partial charge in [0, 0.05) is 30.2 Å². The average Bonchev–Trinajstić information content (AvgIpc) is 2.23. The lowest BCUT2D eigenvalue weighted by Gasteiger charge is -2.56. The van der Waals surface area contributed by atoms with E-state index >= 15 is 0 Å². The van der Waals surface area contributed by atoms with Crippen molar-refractivity contribution in [2.24, 2.45) is 0 Å². The normalized spacial score (nSPS) is 29.8. The van der Waals surface area contributed by atoms with Crippen molar-refractivity contribution in [2.75, 3.05) is 13.1 Å². The van der Waals surface area contributed by atoms with Gasteiger partial charge in [-0.1, -0.05) is 19.3 Å². The van der Waals surface area contributed by atoms with Crippen LogP contribution in [-0.4, -0.2) is 35.1 Å². The Bertz CT molecular complexity index is 239. The molecule has 16 heavy (non-hydrogen) atoms. The van der Waals surface area contributed by atoms with Crippen LogP contribution in [0.1, 0.15) is 59.8 Å². The van der Waals surface area contributed by atoms with Crippen molar-refractivity contribution in [3.05, 3.63) is 0 Å². The van der Waals surface area contributed by atoms with Crippen LogP contribution in [0.2, 0.25) is 0 Å². The second-order valence-corrected chi connectivity index (χ2v) is 6.74. The van der Waals surface area contributed by atoms with Crippen LogP contribution in [0.3, 0.4) is 0 Å². The molecule has 0 aromatic rings. The topological polar surface area (TPSA) is 15.3 Å². The van der Waals surface area contributed by atoms with E-state index in [0.717, 1.165) is 0 Å². The highest BCUT2D eigenvalue weighted by Gasteiger charge is 2.45. The number of hydrogen-bond donors (Lipinski definition) is 1. The van der Waals surface area contributed by atoms with Crippen molar-refractivity contribution >= 4 is 0 Å². The summed E-state index contributed by atoms with van der Waals surface area (Å²) in [5.74, 6) is 0. The molecule has 0 radical (unpaired) electrons. The van der Waals surface area contributed by atoms with Crippen LogP contribution in [-0.2, 0) is 0 Å². The Balaban J connectivity index is 2.17. The molecule has 0 aromatic carbocycles. The lowest BCUT2D eigenvalue weighted by atomic mass is 9.76. The summed E-state index contributed by atoms with van der Waals surface area (Å²) < 4.78 is 0. The lowest BCUT2D eigenvalue weighted by molar-refractivity contribution is -0.0309. The number of rotatable bonds is 1. The van der Waals surface area contributed by atoms with E-state index in [-0.39, 0.29) is 5.54 Å². The maximum atomic E-state index is 3.76. The van der Waals surface area contributed by atoms with Gasteiger partial charge in [0.2, 0.25) is 0 Å². The maximum absolute atomic E-state index is 3.76. The summed E-state index contributed by atoms with van der Waals surface area (Å²) in [5.41, 5.74) is 0.759. The number of hydrogen-bond acceptors (Lipinski definition) is 2. The van der Waals surface area contributed by atoms with Crippen LogP contribution in [0.25, 0.3) is 0 Å². The highest BCUT2D eigenvalue weighted by molar-refractivity contribution is 5.04. The minimum Gasteiger partial charge on any atom is -0.309 e. The van der Waals surface area contributed by atoms with Gasteiger partial charge in [0.1, 0.15) is 0 Å². The molecule has 0 unspecified atom stereocenters. The summed E-state index contributed by atoms with van der Waals surface area (Å²) in [6, 6.07) is 0.680. The third kappa shape index (κ3) is 2.28. The van der Waals surface area contributed by atoms with Crippen LogP contribution in [0.5, 0.6) is 0 Å². The monoisotopic (exact) mass is 224 g/mol. The summed E-state index contributed by atoms with van der Waals surface area (Å²) in [7, 11) is 0. The van der Waals surface area contributed by atoms with Gasteiger partial charge in [-0.05, 0) is 40.5 Å². The van der Waals surface area contributed by atoms with Crippen molar-refractivity contribution in [1.29, 1.82) is 0 Å². The third-order valence-electron chi connectivity index (χ3n) is 4.48. The first-order valence-corrected chi connectivity index (χ1v) is 6.97. The Morgan fingerprint density at radius 3 is 2.25 bits per heavy atom. The first-order chi connectivity index (χ1) is 7.45. The molecule has 0 bridgehead atoms. The number of nitrogens with one attached hydrogen (secondary N) is 1. The van der Waals surface area contributed by atoms with Crippen molar-refractivity contribution in [3.8, 4) is 0 Å². The van der Waals surface area contributed by atoms with Gasteiger partial charge in [-0.15, -0.1) is 0 Å². The molecule has 1 heterocycles. The van der Waals surface area contributed by atoms with E-state index in [1.165, 1.54) is 45.2 Å². The molecule has 1 aliphatic heterocycles. The van der Waals surface area contributed by atoms with E-state index < -0.39 is 0 Å². The summed E-state index contributed by atoms with van der Waals surface area (Å²) >= 11 is 0. The molecule has 0 atom stereocenters. The minimum absolute atomic E-state index is 0.285. The second-order valence-electron chi connectivity index (χ2n) is 6.74. The molecule has 2 nitrogen and oxygen atoms in total. The summed E-state index contributed by atoms with van der Waals surface area (Å²) in [6.07, 6.45) is 7.08. The van der Waals surface area contributed by atoms with E-state index in [9.17, 15) is 0 Å². The third-order valence-corrected chi connectivity index (χ3v) is 4.48. The van der Waals surface area contributed by atoms with Crippen molar-refractivity contribution in [2.45, 2.75) is 76.9 Å². The van der Waals surface area contributed by atoms with Gasteiger partial charge >= 0.3 is 0 Å². The summed E-state index contributed by atoms with van der Waals surface area (Å²) in [6.45, 7) is 11.8. The molecule has 1 aliphatic carbocycles. The molecule has 2 heteroatoms. The van der Waals surface area contributed by atoms with Crippen LogP contribution >= 0.6 is 0 Å². The zero-order chi connectivity index (χ0) is 11.8. The average molecular weight is 224 g/mol. The Hall–Kier alpha value is -0.0800. The van der Waals surface area contributed by atoms with E-state index in [0.29, 0.717) is 11.6 Å². The highest BCUT2D eigenvalue weighted by atomic mass is 15.3. The second kappa shape index (κ2) is 4.30. The van der Waals surface area contributed by atoms with Crippen LogP contribution in [0.15, 0.2) is 0 Å². The zero-order valence-electron chi connectivity index (χ0n) is 11.5. The van der Waals surface area contributed by atoms with Crippen molar-refractivity contribution in [3.63, 3.8) is 0 Å². The van der Waals surface area contributed by atoms with Crippen LogP contribution in [0.4, 0.5) is 0 Å². The Morgan fingerprint density at radius 2 is 1.69 bits per heavy atom. The smallest absolute Gasteiger partial charge is 0.0337 e. The molecule has 94 valence electrons. The predicted octanol–water partition coefficient (Wildman–Crippen LogP) is 2.78. The quantitative estimate of drug-likeness (QED) is 0.737. The van der Waals surface area contributed by atoms with Crippen molar-refractivity contribution in [1.82, 2.24) is 10.2 Å². The van der Waals surface area contributed by atoms with Gasteiger partial charge in [0.15, 0.2) is 0 Å². The van der Waals surface area contributed by atoms with E-state index in [2.05, 4.69) is 37.9 Å². The molecule has 2 fully saturated rings. The first kappa shape index (κ1) is 12.4. The fourth-order valence-electron chi connectivity index (χ4n) is 3.56. The van der Waals surface area contributed by atoms with E-state index in [1.807, 2.05) is 0 Å². The van der Waals surface area contributed by atoms with Gasteiger partial charge in [0.25, 0.3) is 0 Å². The first-order valence-electron chi connectivity index (χ1n) is 6.97. The standard InChI is InChI=1S/C14H28N2/c1-12(2)16-11-13(3,4)15-10-14(16)8-6-5-7-9-14/h12,15H,5-11H2,1-4H3. The molecule has 0 amide bonds. The Kier molecular flexibility index (Phi) is 3.33. The SMILES string of the molecule is CC(C)N1CC(C)(C)NCC12CCCCC2. The Morgan fingerprint density at radius 1 is 1.06 bits per heavy atom. The maximum Gasteiger partial charge on any atom is 0.0337 e. The number of nitrogens with zero attached hydrogens (tertiary/aromatic N) is 1. The molecular formula is C14H28N2. The largest absolute Gasteiger partial charge is 0.309 e. The molecular weight excluding hydrogens is 196 g/mol. The molecule has 1 spiro atoms. The zero-order valence-corrected chi connectivity index (χ0v) is 11.5. The fourth-order valence-corrected chi connectivity index (χ4v) is 3.56. The summed E-state index contributed by atoms with van der Waals surface area (Å²) in [5, 5.41) is 3.76. The molecule has 1 saturated carbocycles. The Labute approximate surface area is 101 Å². The molecule has 2 aliphatic rings. The van der Waals surface area contributed by atoms with E-state index in [1.54, 1.807) is 0 Å². The van der Waals surface area contributed by atoms with Gasteiger partial charge in [-0.25, -0.2) is 0 Å². The highest BCUT2D eigenvalue weighted by Crippen LogP contribution is 2.38. The molecule has 1 saturated heterocycles. The number of piperazine rings is 1. The van der Waals surface area contributed by atoms with Crippen LogP contribution in [0, 0.1) is 0 Å². The van der Waals surface area contributed by atoms with E-state index in [4.69, 9.17) is 0 Å². The van der Waals surface area contributed by atoms with Crippen LogP contribution < -0.4 is 5.32 Å². The summed E-state index contributed by atoms with van der Waals surface area (Å²) in [4.78, 5) is 2.78. The minimum atomic E-state index is 0.285. The van der Waals surface area contributed by atoms with Crippen molar-refractivity contribution < 1.29 is 0 Å². The van der Waals surface area contributed by atoms with Gasteiger partial charge in [-0.2, -0.15) is 0 Å². The lowest BCUT2D eigenvalue weighted by Crippen LogP contribution is -2.70. The molecule has 0 aromatic heterocycles. The molecule has 2 rings (SSSR count). The molecule has 1 N–H and O–H groups in total. The fraction of sp³-hybridized carbons (Fsp3) is 1.00. The predicted molar refractivity (Wildman–Crippen MR) is 69.7 cm³/mol. The van der Waals surface area contributed by atoms with Gasteiger partial charge in [0.05, 0.1) is 0 Å². The van der Waals surface area contributed by atoms with Gasteiger partial charge in [-0.3, -0.25) is 4.90 Å².